The van der Waals surface area contributed by atoms with E-state index in [9.17, 15) is 14.4 Å². The van der Waals surface area contributed by atoms with Crippen LogP contribution in [0.4, 0.5) is 10.7 Å². The highest BCUT2D eigenvalue weighted by Gasteiger charge is 2.34. The molecule has 5 rings (SSSR count). The van der Waals surface area contributed by atoms with Crippen molar-refractivity contribution in [2.75, 3.05) is 30.4 Å². The maximum atomic E-state index is 13.2. The summed E-state index contributed by atoms with van der Waals surface area (Å²) in [6.45, 7) is 1.28. The van der Waals surface area contributed by atoms with Crippen LogP contribution in [0.3, 0.4) is 0 Å². The van der Waals surface area contributed by atoms with Gasteiger partial charge in [0.15, 0.2) is 5.58 Å². The lowest BCUT2D eigenvalue weighted by molar-refractivity contribution is -0.146. The van der Waals surface area contributed by atoms with E-state index in [1.165, 1.54) is 11.3 Å². The number of rotatable bonds is 5. The molecule has 3 aromatic rings. The van der Waals surface area contributed by atoms with Gasteiger partial charge in [0, 0.05) is 24.7 Å². The van der Waals surface area contributed by atoms with Crippen molar-refractivity contribution in [2.24, 2.45) is 5.92 Å². The van der Waals surface area contributed by atoms with Gasteiger partial charge in [-0.1, -0.05) is 11.6 Å². The summed E-state index contributed by atoms with van der Waals surface area (Å²) in [4.78, 5) is 44.4. The predicted molar refractivity (Wildman–Crippen MR) is 128 cm³/mol. The standard InChI is InChI=1S/C23H23ClN4O5S/c24-16-7-8-17(34-16)26-23(31)21-20(19-15(33-21)2-1-9-25-19)27-22(30)13-3-5-14(6-4-13)28-10-11-32-12-18(28)29/h1-2,7-9,13-14H,3-6,10-12H2,(H,26,31)(H,27,30). The molecule has 2 aliphatic rings. The first-order valence-corrected chi connectivity index (χ1v) is 12.3. The van der Waals surface area contributed by atoms with Crippen molar-refractivity contribution in [1.29, 1.82) is 0 Å². The monoisotopic (exact) mass is 502 g/mol. The van der Waals surface area contributed by atoms with Gasteiger partial charge in [0.05, 0.1) is 15.9 Å². The molecule has 3 amide bonds. The summed E-state index contributed by atoms with van der Waals surface area (Å²) in [5.74, 6) is -0.917. The first kappa shape index (κ1) is 22.8. The van der Waals surface area contributed by atoms with Gasteiger partial charge in [0.1, 0.15) is 17.8 Å². The molecule has 0 radical (unpaired) electrons. The molecule has 0 aromatic carbocycles. The molecular formula is C23H23ClN4O5S. The van der Waals surface area contributed by atoms with Crippen molar-refractivity contribution in [2.45, 2.75) is 31.7 Å². The summed E-state index contributed by atoms with van der Waals surface area (Å²) >= 11 is 7.18. The molecule has 4 heterocycles. The van der Waals surface area contributed by atoms with Gasteiger partial charge in [-0.25, -0.2) is 0 Å². The van der Waals surface area contributed by atoms with Crippen molar-refractivity contribution < 1.29 is 23.5 Å². The third kappa shape index (κ3) is 4.66. The largest absolute Gasteiger partial charge is 0.447 e. The molecule has 178 valence electrons. The Kier molecular flexibility index (Phi) is 6.53. The molecule has 0 atom stereocenters. The van der Waals surface area contributed by atoms with Crippen molar-refractivity contribution in [3.8, 4) is 0 Å². The van der Waals surface area contributed by atoms with Gasteiger partial charge in [-0.3, -0.25) is 19.4 Å². The second-order valence-corrected chi connectivity index (χ2v) is 10.1. The quantitative estimate of drug-likeness (QED) is 0.541. The molecule has 0 unspecified atom stereocenters. The number of pyridine rings is 1. The summed E-state index contributed by atoms with van der Waals surface area (Å²) < 4.78 is 11.5. The molecule has 11 heteroatoms. The predicted octanol–water partition coefficient (Wildman–Crippen LogP) is 4.15. The maximum absolute atomic E-state index is 13.2. The van der Waals surface area contributed by atoms with E-state index in [0.29, 0.717) is 46.4 Å². The van der Waals surface area contributed by atoms with Crippen molar-refractivity contribution >= 4 is 62.4 Å². The third-order valence-corrected chi connectivity index (χ3v) is 7.39. The van der Waals surface area contributed by atoms with Crippen LogP contribution < -0.4 is 10.6 Å². The molecule has 34 heavy (non-hydrogen) atoms. The minimum atomic E-state index is -0.499. The van der Waals surface area contributed by atoms with E-state index in [4.69, 9.17) is 20.8 Å². The van der Waals surface area contributed by atoms with Crippen LogP contribution in [-0.2, 0) is 14.3 Å². The second kappa shape index (κ2) is 9.73. The molecule has 2 fully saturated rings. The van der Waals surface area contributed by atoms with E-state index in [2.05, 4.69) is 15.6 Å². The Morgan fingerprint density at radius 3 is 2.71 bits per heavy atom. The number of thiophene rings is 1. The second-order valence-electron chi connectivity index (χ2n) is 8.35. The summed E-state index contributed by atoms with van der Waals surface area (Å²) in [6, 6.07) is 6.91. The highest BCUT2D eigenvalue weighted by Crippen LogP contribution is 2.34. The normalized spacial score (nSPS) is 21.0. The number of carbonyl (C=O) groups excluding carboxylic acids is 3. The number of halogens is 1. The van der Waals surface area contributed by atoms with Gasteiger partial charge < -0.3 is 24.7 Å². The van der Waals surface area contributed by atoms with Crippen LogP contribution in [0.25, 0.3) is 11.1 Å². The number of hydrogen-bond acceptors (Lipinski definition) is 7. The van der Waals surface area contributed by atoms with Crippen LogP contribution in [0.15, 0.2) is 34.9 Å². The fraction of sp³-hybridized carbons (Fsp3) is 0.391. The highest BCUT2D eigenvalue weighted by molar-refractivity contribution is 7.20. The molecule has 2 N–H and O–H groups in total. The first-order valence-electron chi connectivity index (χ1n) is 11.1. The number of amides is 3. The molecule has 1 aliphatic carbocycles. The smallest absolute Gasteiger partial charge is 0.294 e. The topological polar surface area (TPSA) is 114 Å². The number of carbonyl (C=O) groups is 3. The van der Waals surface area contributed by atoms with Gasteiger partial charge in [0.25, 0.3) is 5.91 Å². The molecular weight excluding hydrogens is 480 g/mol. The van der Waals surface area contributed by atoms with E-state index in [0.717, 1.165) is 12.8 Å². The van der Waals surface area contributed by atoms with Crippen LogP contribution in [0.1, 0.15) is 36.2 Å². The number of aromatic nitrogens is 1. The van der Waals surface area contributed by atoms with E-state index in [1.807, 2.05) is 4.90 Å². The van der Waals surface area contributed by atoms with Crippen molar-refractivity contribution in [1.82, 2.24) is 9.88 Å². The fourth-order valence-electron chi connectivity index (χ4n) is 4.55. The van der Waals surface area contributed by atoms with Gasteiger partial charge in [-0.15, -0.1) is 11.3 Å². The number of furan rings is 1. The molecule has 0 bridgehead atoms. The Balaban J connectivity index is 1.30. The van der Waals surface area contributed by atoms with Gasteiger partial charge in [-0.05, 0) is 49.9 Å². The highest BCUT2D eigenvalue weighted by atomic mass is 35.5. The zero-order chi connectivity index (χ0) is 23.7. The Morgan fingerprint density at radius 2 is 1.97 bits per heavy atom. The summed E-state index contributed by atoms with van der Waals surface area (Å²) in [5.41, 5.74) is 1.07. The lowest BCUT2D eigenvalue weighted by Crippen LogP contribution is -2.49. The van der Waals surface area contributed by atoms with Crippen LogP contribution in [-0.4, -0.2) is 53.4 Å². The SMILES string of the molecule is O=C(Nc1ccc(Cl)s1)c1oc2cccnc2c1NC(=O)C1CCC(N2CCOCC2=O)CC1. The number of ether oxygens (including phenoxy) is 1. The Bertz CT molecular complexity index is 1230. The van der Waals surface area contributed by atoms with Gasteiger partial charge in [0.2, 0.25) is 17.6 Å². The van der Waals surface area contributed by atoms with E-state index in [1.54, 1.807) is 30.5 Å². The van der Waals surface area contributed by atoms with E-state index < -0.39 is 5.91 Å². The fourth-order valence-corrected chi connectivity index (χ4v) is 5.48. The molecule has 1 aliphatic heterocycles. The molecule has 3 aromatic heterocycles. The van der Waals surface area contributed by atoms with E-state index in [-0.39, 0.29) is 41.8 Å². The molecule has 9 nitrogen and oxygen atoms in total. The molecule has 1 saturated heterocycles. The lowest BCUT2D eigenvalue weighted by Gasteiger charge is -2.38. The minimum Gasteiger partial charge on any atom is -0.447 e. The Labute approximate surface area is 204 Å². The zero-order valence-electron chi connectivity index (χ0n) is 18.2. The summed E-state index contributed by atoms with van der Waals surface area (Å²) in [6.07, 6.45) is 4.39. The molecule has 1 saturated carbocycles. The lowest BCUT2D eigenvalue weighted by atomic mass is 9.84. The van der Waals surface area contributed by atoms with Crippen LogP contribution in [0.5, 0.6) is 0 Å². The number of morpholine rings is 1. The first-order chi connectivity index (χ1) is 16.5. The summed E-state index contributed by atoms with van der Waals surface area (Å²) in [7, 11) is 0. The summed E-state index contributed by atoms with van der Waals surface area (Å²) in [5, 5.41) is 6.22. The average molecular weight is 503 g/mol. The van der Waals surface area contributed by atoms with Gasteiger partial charge >= 0.3 is 0 Å². The maximum Gasteiger partial charge on any atom is 0.294 e. The number of fused-ring (bicyclic) bond motifs is 1. The van der Waals surface area contributed by atoms with Crippen LogP contribution >= 0.6 is 22.9 Å². The van der Waals surface area contributed by atoms with Crippen LogP contribution in [0, 0.1) is 5.92 Å². The van der Waals surface area contributed by atoms with Gasteiger partial charge in [-0.2, -0.15) is 0 Å². The Morgan fingerprint density at radius 1 is 1.15 bits per heavy atom. The van der Waals surface area contributed by atoms with E-state index >= 15 is 0 Å². The number of nitrogens with zero attached hydrogens (tertiary/aromatic N) is 2. The number of nitrogens with one attached hydrogen (secondary N) is 2. The number of anilines is 2. The zero-order valence-corrected chi connectivity index (χ0v) is 19.8. The minimum absolute atomic E-state index is 0.0118. The van der Waals surface area contributed by atoms with Crippen LogP contribution in [0.2, 0.25) is 4.34 Å². The third-order valence-electron chi connectivity index (χ3n) is 6.24. The van der Waals surface area contributed by atoms with Crippen molar-refractivity contribution in [3.05, 3.63) is 40.6 Å². The Hall–Kier alpha value is -2.95. The average Bonchev–Trinajstić information content (AvgIpc) is 3.42. The van der Waals surface area contributed by atoms with Crippen molar-refractivity contribution in [3.63, 3.8) is 0 Å². The molecule has 0 spiro atoms. The number of hydrogen-bond donors (Lipinski definition) is 2.